The van der Waals surface area contributed by atoms with Crippen molar-refractivity contribution in [2.24, 2.45) is 0 Å². The summed E-state index contributed by atoms with van der Waals surface area (Å²) < 4.78 is 5.69. The van der Waals surface area contributed by atoms with Crippen molar-refractivity contribution in [3.63, 3.8) is 0 Å². The molecule has 0 atom stereocenters. The number of halogens is 1. The van der Waals surface area contributed by atoms with Crippen LogP contribution in [0.15, 0.2) is 55.3 Å². The second kappa shape index (κ2) is 12.5. The molecule has 2 amide bonds. The Morgan fingerprint density at radius 3 is 2.51 bits per heavy atom. The number of amides is 2. The van der Waals surface area contributed by atoms with Gasteiger partial charge in [-0.1, -0.05) is 30.3 Å². The number of carbonyl (C=O) groups excluding carboxylic acids is 2. The summed E-state index contributed by atoms with van der Waals surface area (Å²) in [7, 11) is 5.21. The zero-order valence-corrected chi connectivity index (χ0v) is 22.8. The van der Waals surface area contributed by atoms with Crippen molar-refractivity contribution >= 4 is 57.9 Å². The first kappa shape index (κ1) is 27.7. The van der Waals surface area contributed by atoms with E-state index in [0.717, 1.165) is 31.9 Å². The van der Waals surface area contributed by atoms with Crippen LogP contribution in [0.4, 0.5) is 34.5 Å². The first-order valence-corrected chi connectivity index (χ1v) is 12.7. The van der Waals surface area contributed by atoms with Gasteiger partial charge in [0.05, 0.1) is 41.6 Å². The molecule has 0 bridgehead atoms. The second-order valence-corrected chi connectivity index (χ2v) is 9.23. The number of hydrogen-bond donors (Lipinski definition) is 4. The van der Waals surface area contributed by atoms with Crippen molar-refractivity contribution in [3.8, 4) is 5.75 Å². The van der Waals surface area contributed by atoms with Gasteiger partial charge in [-0.15, -0.1) is 0 Å². The zero-order chi connectivity index (χ0) is 27.9. The fourth-order valence-corrected chi connectivity index (χ4v) is 4.25. The lowest BCUT2D eigenvalue weighted by atomic mass is 10.1. The van der Waals surface area contributed by atoms with Gasteiger partial charge in [-0.3, -0.25) is 9.59 Å². The van der Waals surface area contributed by atoms with Gasteiger partial charge in [0.25, 0.3) is 5.91 Å². The predicted molar refractivity (Wildman–Crippen MR) is 155 cm³/mol. The van der Waals surface area contributed by atoms with Gasteiger partial charge in [0.2, 0.25) is 11.9 Å². The number of piperazine rings is 1. The van der Waals surface area contributed by atoms with Crippen molar-refractivity contribution in [3.05, 3.63) is 65.8 Å². The van der Waals surface area contributed by atoms with Crippen LogP contribution in [0.2, 0.25) is 5.02 Å². The highest BCUT2D eigenvalue weighted by Gasteiger charge is 2.21. The summed E-state index contributed by atoms with van der Waals surface area (Å²) in [6.07, 6.45) is 2.68. The third-order valence-corrected chi connectivity index (χ3v) is 6.52. The van der Waals surface area contributed by atoms with Crippen molar-refractivity contribution in [1.82, 2.24) is 20.2 Å². The van der Waals surface area contributed by atoms with E-state index >= 15 is 0 Å². The van der Waals surface area contributed by atoms with Crippen LogP contribution in [0, 0.1) is 0 Å². The number of rotatable bonds is 9. The number of ether oxygens (including phenoxy) is 1. The van der Waals surface area contributed by atoms with Crippen LogP contribution in [0.25, 0.3) is 0 Å². The third-order valence-electron chi connectivity index (χ3n) is 6.25. The molecule has 3 aromatic rings. The molecule has 11 nitrogen and oxygen atoms in total. The van der Waals surface area contributed by atoms with Gasteiger partial charge in [-0.05, 0) is 31.3 Å². The van der Waals surface area contributed by atoms with Gasteiger partial charge in [0.15, 0.2) is 5.82 Å². The summed E-state index contributed by atoms with van der Waals surface area (Å²) in [5.74, 6) is 0.495. The molecule has 2 heterocycles. The van der Waals surface area contributed by atoms with E-state index in [1.807, 2.05) is 6.07 Å². The molecule has 1 aliphatic heterocycles. The Kier molecular flexibility index (Phi) is 8.84. The molecule has 1 aliphatic rings. The zero-order valence-electron chi connectivity index (χ0n) is 22.0. The quantitative estimate of drug-likeness (QED) is 0.294. The molecule has 1 aromatic heterocycles. The highest BCUT2D eigenvalue weighted by Crippen LogP contribution is 2.39. The molecule has 4 rings (SSSR count). The third kappa shape index (κ3) is 6.57. The number of anilines is 6. The van der Waals surface area contributed by atoms with Crippen LogP contribution in [-0.4, -0.2) is 74.1 Å². The first-order chi connectivity index (χ1) is 18.8. The van der Waals surface area contributed by atoms with Crippen molar-refractivity contribution in [1.29, 1.82) is 0 Å². The lowest BCUT2D eigenvalue weighted by molar-refractivity contribution is -0.111. The van der Waals surface area contributed by atoms with E-state index in [4.69, 9.17) is 16.3 Å². The summed E-state index contributed by atoms with van der Waals surface area (Å²) in [4.78, 5) is 37.8. The molecule has 0 radical (unpaired) electrons. The Balaban J connectivity index is 1.67. The molecule has 1 saturated heterocycles. The highest BCUT2D eigenvalue weighted by atomic mass is 35.5. The molecule has 0 aliphatic carbocycles. The maximum atomic E-state index is 12.3. The fourth-order valence-electron chi connectivity index (χ4n) is 4.12. The minimum Gasteiger partial charge on any atom is -0.494 e. The monoisotopic (exact) mass is 550 g/mol. The van der Waals surface area contributed by atoms with Gasteiger partial charge < -0.3 is 35.8 Å². The summed E-state index contributed by atoms with van der Waals surface area (Å²) in [5.41, 5.74) is 2.94. The van der Waals surface area contributed by atoms with E-state index in [1.165, 1.54) is 12.3 Å². The van der Waals surface area contributed by atoms with Gasteiger partial charge in [-0.2, -0.15) is 4.98 Å². The van der Waals surface area contributed by atoms with Gasteiger partial charge >= 0.3 is 0 Å². The van der Waals surface area contributed by atoms with Crippen molar-refractivity contribution in [2.45, 2.75) is 0 Å². The van der Waals surface area contributed by atoms with E-state index in [9.17, 15) is 9.59 Å². The van der Waals surface area contributed by atoms with E-state index in [0.29, 0.717) is 34.2 Å². The van der Waals surface area contributed by atoms with Crippen LogP contribution in [-0.2, 0) is 4.79 Å². The highest BCUT2D eigenvalue weighted by molar-refractivity contribution is 6.33. The van der Waals surface area contributed by atoms with Crippen molar-refractivity contribution < 1.29 is 14.3 Å². The maximum absolute atomic E-state index is 12.3. The molecule has 204 valence electrons. The Morgan fingerprint density at radius 2 is 1.82 bits per heavy atom. The largest absolute Gasteiger partial charge is 0.494 e. The van der Waals surface area contributed by atoms with Crippen LogP contribution in [0.5, 0.6) is 5.75 Å². The SMILES string of the molecule is C=CC(=O)Nc1cc(Nc2ncc(Cl)c(Nc3ccccc3C(=O)NC)n2)c(OC)cc1N1CCN(C)CC1. The van der Waals surface area contributed by atoms with Crippen LogP contribution >= 0.6 is 11.6 Å². The van der Waals surface area contributed by atoms with Gasteiger partial charge in [0.1, 0.15) is 10.8 Å². The summed E-state index contributed by atoms with van der Waals surface area (Å²) in [6.45, 7) is 6.97. The maximum Gasteiger partial charge on any atom is 0.253 e. The Bertz CT molecular complexity index is 1380. The lowest BCUT2D eigenvalue weighted by Crippen LogP contribution is -2.44. The molecule has 12 heteroatoms. The smallest absolute Gasteiger partial charge is 0.253 e. The minimum atomic E-state index is -0.328. The molecule has 0 saturated carbocycles. The molecule has 4 N–H and O–H groups in total. The number of aromatic nitrogens is 2. The Hall–Kier alpha value is -4.35. The summed E-state index contributed by atoms with van der Waals surface area (Å²) in [6, 6.07) is 10.7. The Labute approximate surface area is 232 Å². The van der Waals surface area contributed by atoms with E-state index < -0.39 is 0 Å². The molecule has 0 spiro atoms. The number of carbonyl (C=O) groups is 2. The van der Waals surface area contributed by atoms with E-state index in [1.54, 1.807) is 44.5 Å². The van der Waals surface area contributed by atoms with E-state index in [2.05, 4.69) is 54.7 Å². The number of nitrogens with zero attached hydrogens (tertiary/aromatic N) is 4. The second-order valence-electron chi connectivity index (χ2n) is 8.82. The number of nitrogens with one attached hydrogen (secondary N) is 4. The Morgan fingerprint density at radius 1 is 1.08 bits per heavy atom. The molecule has 0 unspecified atom stereocenters. The average Bonchev–Trinajstić information content (AvgIpc) is 2.95. The van der Waals surface area contributed by atoms with E-state index in [-0.39, 0.29) is 22.8 Å². The number of methoxy groups -OCH3 is 1. The molecule has 1 fully saturated rings. The van der Waals surface area contributed by atoms with Gasteiger partial charge in [-0.25, -0.2) is 4.98 Å². The molecular formula is C27H31ClN8O3. The first-order valence-electron chi connectivity index (χ1n) is 12.3. The lowest BCUT2D eigenvalue weighted by Gasteiger charge is -2.35. The van der Waals surface area contributed by atoms with Crippen LogP contribution in [0.1, 0.15) is 10.4 Å². The fraction of sp³-hybridized carbons (Fsp3) is 0.259. The van der Waals surface area contributed by atoms with Crippen LogP contribution < -0.4 is 30.9 Å². The number of likely N-dealkylation sites (N-methyl/N-ethyl adjacent to an activating group) is 1. The topological polar surface area (TPSA) is 124 Å². The normalized spacial score (nSPS) is 13.4. The molecule has 39 heavy (non-hydrogen) atoms. The molecule has 2 aromatic carbocycles. The number of para-hydroxylation sites is 1. The molecular weight excluding hydrogens is 520 g/mol. The van der Waals surface area contributed by atoms with Crippen LogP contribution in [0.3, 0.4) is 0 Å². The average molecular weight is 551 g/mol. The predicted octanol–water partition coefficient (Wildman–Crippen LogP) is 3.86. The minimum absolute atomic E-state index is 0.228. The number of hydrogen-bond acceptors (Lipinski definition) is 9. The van der Waals surface area contributed by atoms with Crippen molar-refractivity contribution in [2.75, 3.05) is 68.2 Å². The standard InChI is InChI=1S/C27H31ClN8O3/c1-5-24(37)31-20-14-21(23(39-4)15-22(20)36-12-10-35(3)11-13-36)33-27-30-16-18(28)25(34-27)32-19-9-7-6-8-17(19)26(38)29-2/h5-9,14-16H,1,10-13H2,2-4H3,(H,29,38)(H,31,37)(H2,30,32,33,34). The summed E-state index contributed by atoms with van der Waals surface area (Å²) in [5, 5.41) is 12.1. The number of benzene rings is 2. The summed E-state index contributed by atoms with van der Waals surface area (Å²) >= 11 is 6.38. The van der Waals surface area contributed by atoms with Gasteiger partial charge in [0, 0.05) is 39.3 Å².